The summed E-state index contributed by atoms with van der Waals surface area (Å²) in [6.45, 7) is 0.234. The zero-order valence-electron chi connectivity index (χ0n) is 8.88. The maximum atomic E-state index is 11.3. The predicted molar refractivity (Wildman–Crippen MR) is 57.4 cm³/mol. The summed E-state index contributed by atoms with van der Waals surface area (Å²) in [5.41, 5.74) is -2.35. The molecule has 0 unspecified atom stereocenters. The van der Waals surface area contributed by atoms with E-state index in [2.05, 4.69) is 0 Å². The number of aryl methyl sites for hydroxylation is 1. The zero-order valence-corrected chi connectivity index (χ0v) is 8.88. The van der Waals surface area contributed by atoms with E-state index in [9.17, 15) is 19.7 Å². The van der Waals surface area contributed by atoms with Crippen LogP contribution in [0.25, 0.3) is 0 Å². The Balaban J connectivity index is 2.90. The highest BCUT2D eigenvalue weighted by molar-refractivity contribution is 5.20. The number of hydrogen-bond acceptors (Lipinski definition) is 5. The molecule has 0 atom stereocenters. The molecule has 0 aromatic carbocycles. The molecular weight excluding hydrogens is 228 g/mol. The fourth-order valence-corrected chi connectivity index (χ4v) is 1.28. The van der Waals surface area contributed by atoms with Gasteiger partial charge in [-0.05, 0) is 12.8 Å². The van der Waals surface area contributed by atoms with Crippen LogP contribution in [0.1, 0.15) is 19.3 Å². The molecule has 0 saturated carbocycles. The largest absolute Gasteiger partial charge is 0.350 e. The molecule has 0 spiro atoms. The number of unbranched alkanes of at least 4 members (excludes halogenated alkanes) is 2. The standard InChI is InChI=1S/C9H10N4O4/c10-4-2-1-3-5-12-6-7(13(16)17)8(14)11-9(12)15/h6H,1-3,5H2,(H,11,14,15). The Morgan fingerprint density at radius 1 is 1.47 bits per heavy atom. The van der Waals surface area contributed by atoms with Gasteiger partial charge in [0.25, 0.3) is 0 Å². The van der Waals surface area contributed by atoms with Gasteiger partial charge in [-0.1, -0.05) is 0 Å². The minimum absolute atomic E-state index is 0.234. The molecule has 0 aliphatic carbocycles. The van der Waals surface area contributed by atoms with Crippen LogP contribution in [-0.4, -0.2) is 14.5 Å². The number of hydrogen-bond donors (Lipinski definition) is 1. The van der Waals surface area contributed by atoms with Crippen LogP contribution < -0.4 is 11.2 Å². The number of aromatic nitrogens is 2. The third-order valence-corrected chi connectivity index (χ3v) is 2.13. The predicted octanol–water partition coefficient (Wildman–Crippen LogP) is 0.139. The van der Waals surface area contributed by atoms with Crippen molar-refractivity contribution < 1.29 is 4.92 Å². The van der Waals surface area contributed by atoms with Crippen molar-refractivity contribution in [3.05, 3.63) is 37.1 Å². The summed E-state index contributed by atoms with van der Waals surface area (Å²) in [6.07, 6.45) is 2.42. The Bertz CT molecular complexity index is 566. The Labute approximate surface area is 95.3 Å². The van der Waals surface area contributed by atoms with Gasteiger partial charge < -0.3 is 0 Å². The van der Waals surface area contributed by atoms with E-state index in [0.717, 1.165) is 10.8 Å². The van der Waals surface area contributed by atoms with Gasteiger partial charge in [-0.15, -0.1) is 0 Å². The number of nitrogens with one attached hydrogen (secondary N) is 1. The summed E-state index contributed by atoms with van der Waals surface area (Å²) in [5, 5.41) is 18.8. The van der Waals surface area contributed by atoms with E-state index in [1.54, 1.807) is 0 Å². The van der Waals surface area contributed by atoms with Crippen LogP contribution >= 0.6 is 0 Å². The molecule has 8 heteroatoms. The number of H-pyrrole nitrogens is 1. The number of nitro groups is 1. The summed E-state index contributed by atoms with van der Waals surface area (Å²) >= 11 is 0. The van der Waals surface area contributed by atoms with Crippen molar-refractivity contribution in [3.63, 3.8) is 0 Å². The highest BCUT2D eigenvalue weighted by Crippen LogP contribution is 2.01. The molecule has 1 N–H and O–H groups in total. The average molecular weight is 238 g/mol. The van der Waals surface area contributed by atoms with Gasteiger partial charge in [-0.25, -0.2) is 4.79 Å². The van der Waals surface area contributed by atoms with Gasteiger partial charge in [-0.3, -0.25) is 24.5 Å². The van der Waals surface area contributed by atoms with Crippen molar-refractivity contribution >= 4 is 5.69 Å². The summed E-state index contributed by atoms with van der Waals surface area (Å²) in [5.74, 6) is 0. The van der Waals surface area contributed by atoms with Gasteiger partial charge in [0.15, 0.2) is 0 Å². The smallest absolute Gasteiger partial charge is 0.294 e. The molecule has 0 aliphatic heterocycles. The maximum absolute atomic E-state index is 11.3. The Morgan fingerprint density at radius 3 is 2.76 bits per heavy atom. The van der Waals surface area contributed by atoms with Crippen molar-refractivity contribution in [1.29, 1.82) is 5.26 Å². The van der Waals surface area contributed by atoms with Crippen LogP contribution in [-0.2, 0) is 6.54 Å². The minimum Gasteiger partial charge on any atom is -0.294 e. The van der Waals surface area contributed by atoms with E-state index in [4.69, 9.17) is 5.26 Å². The molecule has 0 bridgehead atoms. The van der Waals surface area contributed by atoms with E-state index >= 15 is 0 Å². The lowest BCUT2D eigenvalue weighted by atomic mass is 10.2. The first-order valence-corrected chi connectivity index (χ1v) is 4.91. The van der Waals surface area contributed by atoms with E-state index < -0.39 is 21.9 Å². The number of nitrogens with zero attached hydrogens (tertiary/aromatic N) is 3. The van der Waals surface area contributed by atoms with Crippen LogP contribution in [0.3, 0.4) is 0 Å². The van der Waals surface area contributed by atoms with Gasteiger partial charge >= 0.3 is 16.9 Å². The maximum Gasteiger partial charge on any atom is 0.350 e. The van der Waals surface area contributed by atoms with Gasteiger partial charge in [-0.2, -0.15) is 5.26 Å². The number of nitriles is 1. The second-order valence-corrected chi connectivity index (χ2v) is 3.34. The molecule has 0 aliphatic rings. The lowest BCUT2D eigenvalue weighted by Crippen LogP contribution is -2.30. The lowest BCUT2D eigenvalue weighted by molar-refractivity contribution is -0.386. The monoisotopic (exact) mass is 238 g/mol. The van der Waals surface area contributed by atoms with Crippen molar-refractivity contribution in [2.24, 2.45) is 0 Å². The Morgan fingerprint density at radius 2 is 2.18 bits per heavy atom. The van der Waals surface area contributed by atoms with Crippen LogP contribution in [0.5, 0.6) is 0 Å². The molecular formula is C9H10N4O4. The average Bonchev–Trinajstić information content (AvgIpc) is 2.26. The minimum atomic E-state index is -1.01. The van der Waals surface area contributed by atoms with Gasteiger partial charge in [0.05, 0.1) is 17.2 Å². The molecule has 8 nitrogen and oxygen atoms in total. The highest BCUT2D eigenvalue weighted by atomic mass is 16.6. The number of rotatable bonds is 5. The molecule has 0 amide bonds. The summed E-state index contributed by atoms with van der Waals surface area (Å²) in [7, 11) is 0. The van der Waals surface area contributed by atoms with Crippen molar-refractivity contribution in [3.8, 4) is 6.07 Å². The Hall–Kier alpha value is -2.43. The third-order valence-electron chi connectivity index (χ3n) is 2.13. The SMILES string of the molecule is N#CCCCCn1cc([N+](=O)[O-])c(=O)[nH]c1=O. The van der Waals surface area contributed by atoms with E-state index in [1.165, 1.54) is 0 Å². The van der Waals surface area contributed by atoms with Crippen LogP contribution in [0.15, 0.2) is 15.8 Å². The zero-order chi connectivity index (χ0) is 12.8. The number of aromatic amines is 1. The fourth-order valence-electron chi connectivity index (χ4n) is 1.28. The lowest BCUT2D eigenvalue weighted by Gasteiger charge is -2.02. The van der Waals surface area contributed by atoms with Crippen LogP contribution in [0, 0.1) is 21.4 Å². The topological polar surface area (TPSA) is 122 Å². The van der Waals surface area contributed by atoms with Gasteiger partial charge in [0.2, 0.25) is 0 Å². The Kier molecular flexibility index (Phi) is 4.16. The molecule has 1 aromatic heterocycles. The molecule has 90 valence electrons. The quantitative estimate of drug-likeness (QED) is 0.444. The van der Waals surface area contributed by atoms with Crippen molar-refractivity contribution in [1.82, 2.24) is 9.55 Å². The molecule has 17 heavy (non-hydrogen) atoms. The van der Waals surface area contributed by atoms with Crippen LogP contribution in [0.4, 0.5) is 5.69 Å². The second kappa shape index (κ2) is 5.60. The normalized spacial score (nSPS) is 9.82. The summed E-state index contributed by atoms with van der Waals surface area (Å²) in [4.78, 5) is 33.9. The summed E-state index contributed by atoms with van der Waals surface area (Å²) in [6, 6.07) is 1.95. The first-order valence-electron chi connectivity index (χ1n) is 4.91. The highest BCUT2D eigenvalue weighted by Gasteiger charge is 2.14. The molecule has 0 saturated heterocycles. The van der Waals surface area contributed by atoms with E-state index in [0.29, 0.717) is 19.3 Å². The van der Waals surface area contributed by atoms with Crippen molar-refractivity contribution in [2.75, 3.05) is 0 Å². The molecule has 1 rings (SSSR count). The van der Waals surface area contributed by atoms with Crippen molar-refractivity contribution in [2.45, 2.75) is 25.8 Å². The summed E-state index contributed by atoms with van der Waals surface area (Å²) < 4.78 is 1.07. The van der Waals surface area contributed by atoms with Gasteiger partial charge in [0, 0.05) is 13.0 Å². The molecule has 0 fully saturated rings. The van der Waals surface area contributed by atoms with Crippen LogP contribution in [0.2, 0.25) is 0 Å². The first kappa shape index (κ1) is 12.6. The molecule has 1 aromatic rings. The van der Waals surface area contributed by atoms with E-state index in [1.807, 2.05) is 11.1 Å². The first-order chi connectivity index (χ1) is 8.06. The fraction of sp³-hybridized carbons (Fsp3) is 0.444. The van der Waals surface area contributed by atoms with E-state index in [-0.39, 0.29) is 6.54 Å². The second-order valence-electron chi connectivity index (χ2n) is 3.34. The van der Waals surface area contributed by atoms with Gasteiger partial charge in [0.1, 0.15) is 0 Å². The molecule has 1 heterocycles. The molecule has 0 radical (unpaired) electrons. The third kappa shape index (κ3) is 3.27.